The van der Waals surface area contributed by atoms with E-state index in [2.05, 4.69) is 16.0 Å². The van der Waals surface area contributed by atoms with Crippen LogP contribution in [0.1, 0.15) is 6.92 Å². The van der Waals surface area contributed by atoms with E-state index in [1.165, 1.54) is 13.0 Å². The summed E-state index contributed by atoms with van der Waals surface area (Å²) in [6.45, 7) is 1.47. The maximum Gasteiger partial charge on any atom is 0.319 e. The van der Waals surface area contributed by atoms with Crippen molar-refractivity contribution in [1.82, 2.24) is 5.32 Å². The lowest BCUT2D eigenvalue weighted by molar-refractivity contribution is -0.117. The van der Waals surface area contributed by atoms with Crippen LogP contribution in [0.15, 0.2) is 48.5 Å². The molecular formula is C16H15F2N3O2. The van der Waals surface area contributed by atoms with Crippen molar-refractivity contribution in [2.75, 3.05) is 10.6 Å². The molecule has 3 amide bonds. The molecule has 2 aromatic carbocycles. The molecule has 0 radical (unpaired) electrons. The summed E-state index contributed by atoms with van der Waals surface area (Å²) in [6, 6.07) is 10.3. The van der Waals surface area contributed by atoms with Gasteiger partial charge in [0.25, 0.3) is 0 Å². The summed E-state index contributed by atoms with van der Waals surface area (Å²) in [5.74, 6) is -2.62. The van der Waals surface area contributed by atoms with Crippen LogP contribution in [-0.2, 0) is 4.79 Å². The van der Waals surface area contributed by atoms with Gasteiger partial charge in [0.15, 0.2) is 11.6 Å². The molecule has 5 nitrogen and oxygen atoms in total. The Morgan fingerprint density at radius 1 is 0.913 bits per heavy atom. The summed E-state index contributed by atoms with van der Waals surface area (Å²) in [5.41, 5.74) is 0.684. The Morgan fingerprint density at radius 3 is 2.26 bits per heavy atom. The van der Waals surface area contributed by atoms with E-state index in [1.807, 2.05) is 0 Å². The van der Waals surface area contributed by atoms with Crippen molar-refractivity contribution in [3.05, 3.63) is 60.2 Å². The Morgan fingerprint density at radius 2 is 1.61 bits per heavy atom. The molecule has 120 valence electrons. The molecule has 0 bridgehead atoms. The minimum absolute atomic E-state index is 0.103. The number of halogens is 2. The third kappa shape index (κ3) is 4.77. The molecule has 1 atom stereocenters. The minimum Gasteiger partial charge on any atom is -0.326 e. The van der Waals surface area contributed by atoms with Crippen LogP contribution in [0.3, 0.4) is 0 Å². The standard InChI is InChI=1S/C16H15F2N3O2/c1-10(19-16(23)21-11-5-3-2-4-6-11)15(22)20-12-7-8-13(17)14(18)9-12/h2-10H,1H3,(H,20,22)(H2,19,21,23). The van der Waals surface area contributed by atoms with Crippen molar-refractivity contribution in [2.24, 2.45) is 0 Å². The molecule has 23 heavy (non-hydrogen) atoms. The predicted octanol–water partition coefficient (Wildman–Crippen LogP) is 3.11. The highest BCUT2D eigenvalue weighted by atomic mass is 19.2. The van der Waals surface area contributed by atoms with Gasteiger partial charge in [0.1, 0.15) is 6.04 Å². The van der Waals surface area contributed by atoms with Crippen molar-refractivity contribution in [3.8, 4) is 0 Å². The molecule has 0 aliphatic heterocycles. The highest BCUT2D eigenvalue weighted by Gasteiger charge is 2.16. The van der Waals surface area contributed by atoms with E-state index in [4.69, 9.17) is 0 Å². The Bertz CT molecular complexity index is 708. The average Bonchev–Trinajstić information content (AvgIpc) is 2.51. The SMILES string of the molecule is CC(NC(=O)Nc1ccccc1)C(=O)Nc1ccc(F)c(F)c1. The van der Waals surface area contributed by atoms with Crippen molar-refractivity contribution in [3.63, 3.8) is 0 Å². The molecule has 0 aromatic heterocycles. The smallest absolute Gasteiger partial charge is 0.319 e. The lowest BCUT2D eigenvalue weighted by atomic mass is 10.2. The van der Waals surface area contributed by atoms with E-state index in [0.29, 0.717) is 5.69 Å². The van der Waals surface area contributed by atoms with Gasteiger partial charge in [0.2, 0.25) is 5.91 Å². The summed E-state index contributed by atoms with van der Waals surface area (Å²) in [6.07, 6.45) is 0. The number of hydrogen-bond donors (Lipinski definition) is 3. The summed E-state index contributed by atoms with van der Waals surface area (Å²) >= 11 is 0. The Hall–Kier alpha value is -2.96. The van der Waals surface area contributed by atoms with Gasteiger partial charge < -0.3 is 16.0 Å². The molecule has 0 saturated heterocycles. The molecule has 0 saturated carbocycles. The number of anilines is 2. The second-order valence-electron chi connectivity index (χ2n) is 4.80. The maximum atomic E-state index is 13.1. The first-order valence-electron chi connectivity index (χ1n) is 6.84. The van der Waals surface area contributed by atoms with Gasteiger partial charge in [-0.15, -0.1) is 0 Å². The lowest BCUT2D eigenvalue weighted by Gasteiger charge is -2.15. The number of benzene rings is 2. The summed E-state index contributed by atoms with van der Waals surface area (Å²) < 4.78 is 25.9. The number of para-hydroxylation sites is 1. The zero-order valence-corrected chi connectivity index (χ0v) is 12.3. The molecule has 3 N–H and O–H groups in total. The summed E-state index contributed by atoms with van der Waals surface area (Å²) in [7, 11) is 0. The summed E-state index contributed by atoms with van der Waals surface area (Å²) in [4.78, 5) is 23.7. The van der Waals surface area contributed by atoms with Gasteiger partial charge in [0.05, 0.1) is 0 Å². The monoisotopic (exact) mass is 319 g/mol. The van der Waals surface area contributed by atoms with E-state index < -0.39 is 29.6 Å². The first-order valence-corrected chi connectivity index (χ1v) is 6.84. The van der Waals surface area contributed by atoms with Crippen molar-refractivity contribution >= 4 is 23.3 Å². The van der Waals surface area contributed by atoms with Crippen LogP contribution in [0.5, 0.6) is 0 Å². The Kier molecular flexibility index (Phi) is 5.24. The number of hydrogen-bond acceptors (Lipinski definition) is 2. The number of carbonyl (C=O) groups excluding carboxylic acids is 2. The fourth-order valence-corrected chi connectivity index (χ4v) is 1.78. The Balaban J connectivity index is 1.89. The maximum absolute atomic E-state index is 13.1. The molecule has 0 aliphatic carbocycles. The third-order valence-corrected chi connectivity index (χ3v) is 2.96. The van der Waals surface area contributed by atoms with Gasteiger partial charge in [0, 0.05) is 17.4 Å². The molecule has 0 spiro atoms. The fraction of sp³-hybridized carbons (Fsp3) is 0.125. The van der Waals surface area contributed by atoms with Crippen LogP contribution in [0, 0.1) is 11.6 Å². The molecule has 0 heterocycles. The van der Waals surface area contributed by atoms with Crippen LogP contribution >= 0.6 is 0 Å². The second-order valence-corrected chi connectivity index (χ2v) is 4.80. The fourth-order valence-electron chi connectivity index (χ4n) is 1.78. The molecule has 2 aromatic rings. The normalized spacial score (nSPS) is 11.4. The molecule has 1 unspecified atom stereocenters. The third-order valence-electron chi connectivity index (χ3n) is 2.96. The van der Waals surface area contributed by atoms with E-state index in [9.17, 15) is 18.4 Å². The predicted molar refractivity (Wildman–Crippen MR) is 83.0 cm³/mol. The molecule has 7 heteroatoms. The van der Waals surface area contributed by atoms with Crippen LogP contribution in [0.4, 0.5) is 25.0 Å². The number of rotatable bonds is 4. The molecule has 0 aliphatic rings. The summed E-state index contributed by atoms with van der Waals surface area (Å²) in [5, 5.41) is 7.40. The average molecular weight is 319 g/mol. The molecular weight excluding hydrogens is 304 g/mol. The van der Waals surface area contributed by atoms with Crippen LogP contribution in [0.25, 0.3) is 0 Å². The number of carbonyl (C=O) groups is 2. The number of nitrogens with one attached hydrogen (secondary N) is 3. The van der Waals surface area contributed by atoms with Crippen LogP contribution < -0.4 is 16.0 Å². The first-order chi connectivity index (χ1) is 11.0. The van der Waals surface area contributed by atoms with Gasteiger partial charge in [-0.05, 0) is 31.2 Å². The molecule has 0 fully saturated rings. The number of urea groups is 1. The van der Waals surface area contributed by atoms with E-state index >= 15 is 0 Å². The zero-order valence-electron chi connectivity index (χ0n) is 12.3. The van der Waals surface area contributed by atoms with E-state index in [-0.39, 0.29) is 5.69 Å². The van der Waals surface area contributed by atoms with Gasteiger partial charge in [-0.3, -0.25) is 4.79 Å². The minimum atomic E-state index is -1.06. The highest BCUT2D eigenvalue weighted by Crippen LogP contribution is 2.13. The highest BCUT2D eigenvalue weighted by molar-refractivity contribution is 5.98. The zero-order chi connectivity index (χ0) is 16.8. The Labute approximate surface area is 131 Å². The van der Waals surface area contributed by atoms with Crippen LogP contribution in [-0.4, -0.2) is 18.0 Å². The first kappa shape index (κ1) is 16.4. The van der Waals surface area contributed by atoms with Crippen molar-refractivity contribution < 1.29 is 18.4 Å². The largest absolute Gasteiger partial charge is 0.326 e. The van der Waals surface area contributed by atoms with Gasteiger partial charge in [-0.25, -0.2) is 13.6 Å². The van der Waals surface area contributed by atoms with Gasteiger partial charge >= 0.3 is 6.03 Å². The van der Waals surface area contributed by atoms with Gasteiger partial charge in [-0.1, -0.05) is 18.2 Å². The number of amides is 3. The van der Waals surface area contributed by atoms with Crippen molar-refractivity contribution in [2.45, 2.75) is 13.0 Å². The van der Waals surface area contributed by atoms with Gasteiger partial charge in [-0.2, -0.15) is 0 Å². The topological polar surface area (TPSA) is 70.2 Å². The van der Waals surface area contributed by atoms with E-state index in [0.717, 1.165) is 12.1 Å². The quantitative estimate of drug-likeness (QED) is 0.810. The lowest BCUT2D eigenvalue weighted by Crippen LogP contribution is -2.43. The second kappa shape index (κ2) is 7.35. The van der Waals surface area contributed by atoms with Crippen LogP contribution in [0.2, 0.25) is 0 Å². The van der Waals surface area contributed by atoms with E-state index in [1.54, 1.807) is 30.3 Å². The molecule has 2 rings (SSSR count). The van der Waals surface area contributed by atoms with Crippen molar-refractivity contribution in [1.29, 1.82) is 0 Å².